The van der Waals surface area contributed by atoms with E-state index >= 15 is 0 Å². The monoisotopic (exact) mass is 643 g/mol. The molecule has 2 aliphatic heterocycles. The molecule has 13 heteroatoms. The highest BCUT2D eigenvalue weighted by molar-refractivity contribution is 7.05. The fraction of sp³-hybridized carbons (Fsp3) is 0.500. The first-order valence-corrected chi connectivity index (χ1v) is 15.7. The number of nitrogens with one attached hydrogen (secondary N) is 1. The molecule has 1 unspecified atom stereocenters. The molecule has 3 amide bonds. The SMILES string of the molecule is Cc1ccc(C2(c3ncns3)CCN(C(=O)Nc3cc(C(F)F)ccc3OC3CC4(C3)CN(C(=O)OC(C)(C)C)C4)C2)cc1F. The van der Waals surface area contributed by atoms with Crippen LogP contribution in [0.3, 0.4) is 0 Å². The van der Waals surface area contributed by atoms with Crippen LogP contribution in [0.5, 0.6) is 5.75 Å². The van der Waals surface area contributed by atoms with E-state index in [1.54, 1.807) is 22.8 Å². The highest BCUT2D eigenvalue weighted by Gasteiger charge is 2.55. The van der Waals surface area contributed by atoms with Crippen molar-refractivity contribution in [3.63, 3.8) is 0 Å². The van der Waals surface area contributed by atoms with Crippen LogP contribution < -0.4 is 10.1 Å². The Kier molecular flexibility index (Phi) is 7.95. The van der Waals surface area contributed by atoms with E-state index in [-0.39, 0.29) is 41.2 Å². The number of alkyl halides is 2. The number of nitrogens with zero attached hydrogens (tertiary/aromatic N) is 4. The van der Waals surface area contributed by atoms with Crippen LogP contribution in [-0.2, 0) is 10.2 Å². The van der Waals surface area contributed by atoms with Crippen LogP contribution >= 0.6 is 11.5 Å². The number of rotatable bonds is 6. The maximum absolute atomic E-state index is 14.6. The molecule has 1 saturated carbocycles. The Morgan fingerprint density at radius 2 is 1.84 bits per heavy atom. The highest BCUT2D eigenvalue weighted by atomic mass is 32.1. The third-order valence-electron chi connectivity index (χ3n) is 8.87. The van der Waals surface area contributed by atoms with E-state index in [1.807, 2.05) is 26.8 Å². The fourth-order valence-corrected chi connectivity index (χ4v) is 7.26. The summed E-state index contributed by atoms with van der Waals surface area (Å²) in [5, 5.41) is 3.47. The smallest absolute Gasteiger partial charge is 0.410 e. The molecule has 3 aromatic rings. The van der Waals surface area contributed by atoms with Gasteiger partial charge in [0.25, 0.3) is 6.43 Å². The molecular formula is C32H36F3N5O4S. The number of hydrogen-bond acceptors (Lipinski definition) is 7. The lowest BCUT2D eigenvalue weighted by atomic mass is 9.62. The first kappa shape index (κ1) is 31.1. The van der Waals surface area contributed by atoms with Crippen LogP contribution in [0.15, 0.2) is 42.7 Å². The number of anilines is 1. The largest absolute Gasteiger partial charge is 0.488 e. The van der Waals surface area contributed by atoms with E-state index in [2.05, 4.69) is 14.7 Å². The van der Waals surface area contributed by atoms with Gasteiger partial charge >= 0.3 is 12.1 Å². The Morgan fingerprint density at radius 3 is 2.49 bits per heavy atom. The molecule has 1 aliphatic carbocycles. The zero-order chi connectivity index (χ0) is 32.1. The van der Waals surface area contributed by atoms with Gasteiger partial charge < -0.3 is 24.6 Å². The lowest BCUT2D eigenvalue weighted by Gasteiger charge is -2.58. The average Bonchev–Trinajstić information content (AvgIpc) is 3.62. The van der Waals surface area contributed by atoms with Gasteiger partial charge in [-0.15, -0.1) is 0 Å². The van der Waals surface area contributed by atoms with Crippen molar-refractivity contribution in [2.45, 2.75) is 70.5 Å². The average molecular weight is 644 g/mol. The maximum Gasteiger partial charge on any atom is 0.410 e. The Balaban J connectivity index is 1.14. The summed E-state index contributed by atoms with van der Waals surface area (Å²) in [7, 11) is 0. The second-order valence-electron chi connectivity index (χ2n) is 13.4. The van der Waals surface area contributed by atoms with E-state index in [0.717, 1.165) is 0 Å². The van der Waals surface area contributed by atoms with Crippen LogP contribution in [0, 0.1) is 18.2 Å². The van der Waals surface area contributed by atoms with Crippen molar-refractivity contribution in [3.05, 3.63) is 70.2 Å². The molecule has 1 atom stereocenters. The van der Waals surface area contributed by atoms with E-state index in [4.69, 9.17) is 9.47 Å². The third-order valence-corrected chi connectivity index (χ3v) is 9.74. The van der Waals surface area contributed by atoms with Crippen molar-refractivity contribution in [1.82, 2.24) is 19.2 Å². The quantitative estimate of drug-likeness (QED) is 0.313. The minimum Gasteiger partial charge on any atom is -0.488 e. The van der Waals surface area contributed by atoms with Crippen molar-refractivity contribution in [2.75, 3.05) is 31.5 Å². The van der Waals surface area contributed by atoms with Crippen molar-refractivity contribution in [3.8, 4) is 5.75 Å². The standard InChI is InChI=1S/C32H36F3N5O4S/c1-19-5-7-21(12-23(19)33)32(27-36-18-37-45-27)9-10-39(17-32)28(41)38-24-11-20(26(34)35)6-8-25(24)43-22-13-31(14-22)15-40(16-31)29(42)44-30(2,3)4/h5-8,11-12,18,22,26H,9-10,13-17H2,1-4H3,(H,38,41). The van der Waals surface area contributed by atoms with Crippen LogP contribution in [0.25, 0.3) is 0 Å². The highest BCUT2D eigenvalue weighted by Crippen LogP contribution is 2.50. The van der Waals surface area contributed by atoms with E-state index in [9.17, 15) is 22.8 Å². The molecule has 6 rings (SSSR count). The van der Waals surface area contributed by atoms with Crippen LogP contribution in [0.4, 0.5) is 28.4 Å². The summed E-state index contributed by atoms with van der Waals surface area (Å²) in [6, 6.07) is 8.54. The Morgan fingerprint density at radius 1 is 1.09 bits per heavy atom. The normalized spacial score (nSPS) is 21.1. The second kappa shape index (κ2) is 11.5. The summed E-state index contributed by atoms with van der Waals surface area (Å²) >= 11 is 1.20. The van der Waals surface area contributed by atoms with Gasteiger partial charge in [-0.25, -0.2) is 27.7 Å². The molecule has 1 N–H and O–H groups in total. The second-order valence-corrected chi connectivity index (χ2v) is 14.2. The Hall–Kier alpha value is -3.87. The van der Waals surface area contributed by atoms with Gasteiger partial charge in [0.15, 0.2) is 0 Å². The van der Waals surface area contributed by atoms with Crippen molar-refractivity contribution in [2.24, 2.45) is 5.41 Å². The molecular weight excluding hydrogens is 607 g/mol. The number of likely N-dealkylation sites (tertiary alicyclic amines) is 2. The summed E-state index contributed by atoms with van der Waals surface area (Å²) in [5.74, 6) is -0.0479. The lowest BCUT2D eigenvalue weighted by Crippen LogP contribution is -2.66. The van der Waals surface area contributed by atoms with E-state index in [1.165, 1.54) is 42.1 Å². The summed E-state index contributed by atoms with van der Waals surface area (Å²) < 4.78 is 57.8. The molecule has 2 aromatic carbocycles. The number of halogens is 3. The van der Waals surface area contributed by atoms with E-state index in [0.29, 0.717) is 60.8 Å². The van der Waals surface area contributed by atoms with Crippen LogP contribution in [-0.4, -0.2) is 69.2 Å². The van der Waals surface area contributed by atoms with Crippen molar-refractivity contribution in [1.29, 1.82) is 0 Å². The van der Waals surface area contributed by atoms with Gasteiger partial charge in [-0.2, -0.15) is 4.37 Å². The summed E-state index contributed by atoms with van der Waals surface area (Å²) in [5.41, 5.74) is -0.252. The molecule has 2 saturated heterocycles. The number of aromatic nitrogens is 2. The number of carbonyl (C=O) groups is 2. The van der Waals surface area contributed by atoms with Gasteiger partial charge in [0.2, 0.25) is 0 Å². The minimum absolute atomic E-state index is 0.0487. The molecule has 3 aliphatic rings. The number of benzene rings is 2. The zero-order valence-corrected chi connectivity index (χ0v) is 26.4. The first-order valence-electron chi connectivity index (χ1n) is 14.9. The van der Waals surface area contributed by atoms with Gasteiger partial charge in [0.1, 0.15) is 34.6 Å². The summed E-state index contributed by atoms with van der Waals surface area (Å²) in [6.07, 6.45) is 0.0612. The van der Waals surface area contributed by atoms with E-state index < -0.39 is 23.5 Å². The first-order chi connectivity index (χ1) is 21.3. The van der Waals surface area contributed by atoms with Gasteiger partial charge in [-0.05, 0) is 93.9 Å². The Bertz CT molecular complexity index is 1580. The number of hydrogen-bond donors (Lipinski definition) is 1. The number of carbonyl (C=O) groups excluding carboxylic acids is 2. The van der Waals surface area contributed by atoms with Crippen LogP contribution in [0.1, 0.15) is 68.2 Å². The van der Waals surface area contributed by atoms with Crippen molar-refractivity contribution < 1.29 is 32.2 Å². The predicted molar refractivity (Wildman–Crippen MR) is 162 cm³/mol. The van der Waals surface area contributed by atoms with Gasteiger partial charge in [-0.3, -0.25) is 0 Å². The molecule has 45 heavy (non-hydrogen) atoms. The molecule has 3 fully saturated rings. The van der Waals surface area contributed by atoms with Crippen molar-refractivity contribution >= 4 is 29.3 Å². The predicted octanol–water partition coefficient (Wildman–Crippen LogP) is 6.93. The third kappa shape index (κ3) is 6.18. The van der Waals surface area contributed by atoms with Gasteiger partial charge in [0.05, 0.1) is 11.1 Å². The molecule has 9 nitrogen and oxygen atoms in total. The topological polar surface area (TPSA) is 96.9 Å². The molecule has 240 valence electrons. The summed E-state index contributed by atoms with van der Waals surface area (Å²) in [4.78, 5) is 33.6. The maximum atomic E-state index is 14.6. The zero-order valence-electron chi connectivity index (χ0n) is 25.6. The molecule has 0 radical (unpaired) electrons. The minimum atomic E-state index is -2.73. The van der Waals surface area contributed by atoms with Gasteiger partial charge in [0, 0.05) is 37.2 Å². The summed E-state index contributed by atoms with van der Waals surface area (Å²) in [6.45, 7) is 8.86. The molecule has 1 spiro atoms. The number of ether oxygens (including phenoxy) is 2. The van der Waals surface area contributed by atoms with Crippen LogP contribution in [0.2, 0.25) is 0 Å². The lowest BCUT2D eigenvalue weighted by molar-refractivity contribution is -0.116. The fourth-order valence-electron chi connectivity index (χ4n) is 6.52. The molecule has 1 aromatic heterocycles. The number of urea groups is 1. The number of amides is 3. The van der Waals surface area contributed by atoms with Gasteiger partial charge in [-0.1, -0.05) is 12.1 Å². The number of aryl methyl sites for hydroxylation is 1. The Labute approximate surface area is 263 Å². The molecule has 0 bridgehead atoms. The molecule has 3 heterocycles.